The highest BCUT2D eigenvalue weighted by Crippen LogP contribution is 2.25. The molecule has 0 N–H and O–H groups in total. The fourth-order valence-corrected chi connectivity index (χ4v) is 1.64. The molecule has 0 bridgehead atoms. The van der Waals surface area contributed by atoms with Gasteiger partial charge in [0.05, 0.1) is 20.8 Å². The van der Waals surface area contributed by atoms with Crippen molar-refractivity contribution in [3.63, 3.8) is 0 Å². The molecule has 0 saturated heterocycles. The zero-order valence-electron chi connectivity index (χ0n) is 13.7. The number of carbonyl (C=O) groups excluding carboxylic acids is 2. The molecule has 0 aliphatic carbocycles. The number of hydrogen-bond donors (Lipinski definition) is 0. The fourth-order valence-electron chi connectivity index (χ4n) is 1.64. The molecule has 0 atom stereocenters. The van der Waals surface area contributed by atoms with Gasteiger partial charge in [-0.15, -0.1) is 0 Å². The van der Waals surface area contributed by atoms with Crippen LogP contribution in [-0.4, -0.2) is 46.0 Å². The van der Waals surface area contributed by atoms with Gasteiger partial charge in [0, 0.05) is 6.61 Å². The molecule has 0 radical (unpaired) electrons. The van der Waals surface area contributed by atoms with Crippen LogP contribution >= 0.6 is 0 Å². The quantitative estimate of drug-likeness (QED) is 0.294. The maximum Gasteiger partial charge on any atom is 0.377 e. The minimum absolute atomic E-state index is 0.0434. The van der Waals surface area contributed by atoms with Gasteiger partial charge in [-0.05, 0) is 19.1 Å². The number of esters is 2. The van der Waals surface area contributed by atoms with E-state index in [0.717, 1.165) is 19.4 Å². The summed E-state index contributed by atoms with van der Waals surface area (Å²) in [5.41, 5.74) is -0.445. The Labute approximate surface area is 138 Å². The zero-order chi connectivity index (χ0) is 17.9. The highest BCUT2D eigenvalue weighted by molar-refractivity contribution is 5.93. The third-order valence-electron chi connectivity index (χ3n) is 2.68. The van der Waals surface area contributed by atoms with Gasteiger partial charge in [0.15, 0.2) is 0 Å². The van der Waals surface area contributed by atoms with Gasteiger partial charge in [-0.1, -0.05) is 6.07 Å². The molecule has 0 aliphatic rings. The Balaban J connectivity index is 2.99. The van der Waals surface area contributed by atoms with Crippen molar-refractivity contribution in [3.05, 3.63) is 41.6 Å². The van der Waals surface area contributed by atoms with Crippen molar-refractivity contribution in [1.29, 1.82) is 0 Å². The summed E-state index contributed by atoms with van der Waals surface area (Å²) < 4.78 is 38.5. The lowest BCUT2D eigenvalue weighted by atomic mass is 10.2. The number of benzene rings is 1. The van der Waals surface area contributed by atoms with Crippen LogP contribution in [0.1, 0.15) is 17.3 Å². The molecule has 1 aromatic carbocycles. The van der Waals surface area contributed by atoms with Gasteiger partial charge in [0.2, 0.25) is 5.76 Å². The molecule has 7 nitrogen and oxygen atoms in total. The highest BCUT2D eigenvalue weighted by Gasteiger charge is 2.23. The number of methoxy groups -OCH3 is 2. The summed E-state index contributed by atoms with van der Waals surface area (Å²) >= 11 is 0. The predicted molar refractivity (Wildman–Crippen MR) is 80.9 cm³/mol. The van der Waals surface area contributed by atoms with Crippen LogP contribution in [0.25, 0.3) is 0 Å². The highest BCUT2D eigenvalue weighted by atomic mass is 19.1. The van der Waals surface area contributed by atoms with Crippen LogP contribution in [0.3, 0.4) is 0 Å². The Morgan fingerprint density at radius 1 is 1.21 bits per heavy atom. The van der Waals surface area contributed by atoms with Crippen molar-refractivity contribution in [2.24, 2.45) is 0 Å². The summed E-state index contributed by atoms with van der Waals surface area (Å²) in [6, 6.07) is 3.71. The molecule has 0 spiro atoms. The normalized spacial score (nSPS) is 10.9. The standard InChI is InChI=1S/C16H19FO7/c1-4-22-8-9-23-16(19)14-11(17)6-5-7-12(14)24-13(10-20-2)15(18)21-3/h5-7,10H,4,8-9H2,1-3H3/b13-10+. The molecule has 0 heterocycles. The lowest BCUT2D eigenvalue weighted by Gasteiger charge is -2.12. The van der Waals surface area contributed by atoms with Crippen molar-refractivity contribution in [1.82, 2.24) is 0 Å². The van der Waals surface area contributed by atoms with Crippen LogP contribution in [0, 0.1) is 5.82 Å². The van der Waals surface area contributed by atoms with Gasteiger partial charge >= 0.3 is 11.9 Å². The first-order valence-electron chi connectivity index (χ1n) is 7.07. The van der Waals surface area contributed by atoms with Gasteiger partial charge in [0.25, 0.3) is 0 Å². The maximum absolute atomic E-state index is 14.0. The zero-order valence-corrected chi connectivity index (χ0v) is 13.7. The van der Waals surface area contributed by atoms with Crippen LogP contribution in [0.15, 0.2) is 30.2 Å². The number of halogens is 1. The Hall–Kier alpha value is -2.61. The van der Waals surface area contributed by atoms with Gasteiger partial charge in [0.1, 0.15) is 30.0 Å². The molecule has 24 heavy (non-hydrogen) atoms. The predicted octanol–water partition coefficient (Wildman–Crippen LogP) is 2.06. The van der Waals surface area contributed by atoms with Crippen LogP contribution < -0.4 is 4.74 Å². The third-order valence-corrected chi connectivity index (χ3v) is 2.68. The molecular formula is C16H19FO7. The van der Waals surface area contributed by atoms with E-state index >= 15 is 0 Å². The van der Waals surface area contributed by atoms with Crippen LogP contribution in [0.4, 0.5) is 4.39 Å². The van der Waals surface area contributed by atoms with Crippen LogP contribution in [0.5, 0.6) is 5.75 Å². The van der Waals surface area contributed by atoms with E-state index in [2.05, 4.69) is 4.74 Å². The summed E-state index contributed by atoms with van der Waals surface area (Å²) in [6.45, 7) is 2.40. The minimum Gasteiger partial charge on any atom is -0.500 e. The Morgan fingerprint density at radius 2 is 1.96 bits per heavy atom. The molecule has 0 unspecified atom stereocenters. The second-order valence-electron chi connectivity index (χ2n) is 4.26. The van der Waals surface area contributed by atoms with Gasteiger partial charge < -0.3 is 23.7 Å². The number of ether oxygens (including phenoxy) is 5. The number of hydrogen-bond acceptors (Lipinski definition) is 7. The van der Waals surface area contributed by atoms with Gasteiger partial charge in [-0.25, -0.2) is 14.0 Å². The number of carbonyl (C=O) groups is 2. The molecule has 0 fully saturated rings. The van der Waals surface area contributed by atoms with E-state index in [9.17, 15) is 14.0 Å². The molecule has 132 valence electrons. The summed E-state index contributed by atoms with van der Waals surface area (Å²) in [5, 5.41) is 0. The van der Waals surface area contributed by atoms with Crippen molar-refractivity contribution in [2.75, 3.05) is 34.0 Å². The molecule has 0 amide bonds. The first-order chi connectivity index (χ1) is 11.5. The molecule has 1 rings (SSSR count). The molecule has 0 aliphatic heterocycles. The summed E-state index contributed by atoms with van der Waals surface area (Å²) in [4.78, 5) is 23.7. The van der Waals surface area contributed by atoms with Crippen LogP contribution in [0.2, 0.25) is 0 Å². The minimum atomic E-state index is -0.940. The lowest BCUT2D eigenvalue weighted by molar-refractivity contribution is -0.138. The van der Waals surface area contributed by atoms with Gasteiger partial charge in [-0.2, -0.15) is 0 Å². The molecule has 1 aromatic rings. The fraction of sp³-hybridized carbons (Fsp3) is 0.375. The van der Waals surface area contributed by atoms with Crippen molar-refractivity contribution < 1.29 is 37.7 Å². The van der Waals surface area contributed by atoms with E-state index in [1.54, 1.807) is 6.92 Å². The number of rotatable bonds is 9. The lowest BCUT2D eigenvalue weighted by Crippen LogP contribution is -2.16. The van der Waals surface area contributed by atoms with E-state index in [1.807, 2.05) is 0 Å². The molecular weight excluding hydrogens is 323 g/mol. The smallest absolute Gasteiger partial charge is 0.377 e. The second-order valence-corrected chi connectivity index (χ2v) is 4.26. The Morgan fingerprint density at radius 3 is 2.58 bits per heavy atom. The average Bonchev–Trinajstić information content (AvgIpc) is 2.57. The van der Waals surface area contributed by atoms with Crippen molar-refractivity contribution >= 4 is 11.9 Å². The molecule has 0 aromatic heterocycles. The SMILES string of the molecule is CCOCCOC(=O)c1c(F)cccc1O/C(=C/OC)C(=O)OC. The van der Waals surface area contributed by atoms with E-state index in [1.165, 1.54) is 19.2 Å². The Kier molecular flexibility index (Phi) is 8.28. The summed E-state index contributed by atoms with van der Waals surface area (Å²) in [5.74, 6) is -3.20. The van der Waals surface area contributed by atoms with E-state index in [0.29, 0.717) is 6.61 Å². The van der Waals surface area contributed by atoms with E-state index in [-0.39, 0.29) is 24.7 Å². The van der Waals surface area contributed by atoms with E-state index < -0.39 is 23.3 Å². The molecule has 0 saturated carbocycles. The van der Waals surface area contributed by atoms with Crippen molar-refractivity contribution in [2.45, 2.75) is 6.92 Å². The average molecular weight is 342 g/mol. The second kappa shape index (κ2) is 10.2. The first-order valence-corrected chi connectivity index (χ1v) is 7.07. The first kappa shape index (κ1) is 19.4. The van der Waals surface area contributed by atoms with Crippen LogP contribution in [-0.2, 0) is 23.7 Å². The van der Waals surface area contributed by atoms with E-state index in [4.69, 9.17) is 18.9 Å². The summed E-state index contributed by atoms with van der Waals surface area (Å²) in [7, 11) is 2.43. The Bertz CT molecular complexity index is 598. The topological polar surface area (TPSA) is 80.3 Å². The monoisotopic (exact) mass is 342 g/mol. The maximum atomic E-state index is 14.0. The largest absolute Gasteiger partial charge is 0.500 e. The molecule has 8 heteroatoms. The van der Waals surface area contributed by atoms with Gasteiger partial charge in [-0.3, -0.25) is 0 Å². The third kappa shape index (κ3) is 5.54. The van der Waals surface area contributed by atoms with Crippen molar-refractivity contribution in [3.8, 4) is 5.75 Å². The summed E-state index contributed by atoms with van der Waals surface area (Å²) in [6.07, 6.45) is 0.973.